The van der Waals surface area contributed by atoms with E-state index in [-0.39, 0.29) is 18.3 Å². The minimum Gasteiger partial charge on any atom is -0.340 e. The van der Waals surface area contributed by atoms with Crippen molar-refractivity contribution < 1.29 is 13.6 Å². The molecule has 1 saturated heterocycles. The molecular weight excluding hydrogens is 262 g/mol. The van der Waals surface area contributed by atoms with Gasteiger partial charge in [0.05, 0.1) is 12.0 Å². The molecule has 0 aromatic heterocycles. The summed E-state index contributed by atoms with van der Waals surface area (Å²) in [4.78, 5) is 13.6. The zero-order valence-electron chi connectivity index (χ0n) is 10.6. The third kappa shape index (κ3) is 2.77. The Labute approximate surface area is 113 Å². The number of hydrogen-bond donors (Lipinski definition) is 1. The first-order valence-corrected chi connectivity index (χ1v) is 6.31. The van der Waals surface area contributed by atoms with Gasteiger partial charge >= 0.3 is 0 Å². The Morgan fingerprint density at radius 2 is 2.22 bits per heavy atom. The van der Waals surface area contributed by atoms with E-state index < -0.39 is 18.4 Å². The van der Waals surface area contributed by atoms with Crippen LogP contribution in [0, 0.1) is 11.3 Å². The number of carbonyl (C=O) groups excluding carboxylic acids is 1. The molecule has 2 aliphatic rings. The van der Waals surface area contributed by atoms with Crippen LogP contribution in [0.3, 0.4) is 0 Å². The highest BCUT2D eigenvalue weighted by atomic mass is 35.5. The van der Waals surface area contributed by atoms with E-state index in [1.807, 2.05) is 0 Å². The Bertz CT molecular complexity index is 304. The fourth-order valence-corrected chi connectivity index (χ4v) is 3.34. The number of nitrogens with one attached hydrogen (secondary N) is 1. The lowest BCUT2D eigenvalue weighted by molar-refractivity contribution is -0.145. The van der Waals surface area contributed by atoms with Crippen molar-refractivity contribution in [2.24, 2.45) is 11.3 Å². The smallest absolute Gasteiger partial charge is 0.255 e. The van der Waals surface area contributed by atoms with Gasteiger partial charge in [0.15, 0.2) is 0 Å². The normalized spacial score (nSPS) is 30.8. The maximum absolute atomic E-state index is 12.4. The Kier molecular flexibility index (Phi) is 5.34. The van der Waals surface area contributed by atoms with Crippen molar-refractivity contribution in [3.05, 3.63) is 0 Å². The van der Waals surface area contributed by atoms with Crippen molar-refractivity contribution in [1.29, 1.82) is 0 Å². The van der Waals surface area contributed by atoms with E-state index >= 15 is 0 Å². The summed E-state index contributed by atoms with van der Waals surface area (Å²) in [5.41, 5.74) is -0.401. The lowest BCUT2D eigenvalue weighted by Crippen LogP contribution is -2.49. The van der Waals surface area contributed by atoms with Gasteiger partial charge in [-0.15, -0.1) is 12.4 Å². The average molecular weight is 283 g/mol. The lowest BCUT2D eigenvalue weighted by atomic mass is 9.67. The maximum Gasteiger partial charge on any atom is 0.255 e. The number of fused-ring (bicyclic) bond motifs is 1. The van der Waals surface area contributed by atoms with Crippen LogP contribution in [-0.4, -0.2) is 43.9 Å². The highest BCUT2D eigenvalue weighted by Gasteiger charge is 2.50. The fourth-order valence-electron chi connectivity index (χ4n) is 3.34. The molecule has 1 heterocycles. The molecule has 2 rings (SSSR count). The molecule has 1 N–H and O–H groups in total. The Morgan fingerprint density at radius 3 is 2.89 bits per heavy atom. The van der Waals surface area contributed by atoms with E-state index in [4.69, 9.17) is 0 Å². The Hall–Kier alpha value is -0.420. The van der Waals surface area contributed by atoms with E-state index in [1.165, 1.54) is 11.9 Å². The monoisotopic (exact) mass is 282 g/mol. The second kappa shape index (κ2) is 6.15. The molecule has 0 aromatic carbocycles. The molecule has 2 atom stereocenters. The van der Waals surface area contributed by atoms with Gasteiger partial charge in [-0.3, -0.25) is 4.79 Å². The van der Waals surface area contributed by atoms with Crippen LogP contribution in [-0.2, 0) is 4.79 Å². The number of alkyl halides is 2. The Morgan fingerprint density at radius 1 is 1.50 bits per heavy atom. The predicted octanol–water partition coefficient (Wildman–Crippen LogP) is 1.91. The summed E-state index contributed by atoms with van der Waals surface area (Å²) in [5.74, 6) is 0.247. The van der Waals surface area contributed by atoms with Crippen LogP contribution >= 0.6 is 12.4 Å². The molecule has 6 heteroatoms. The number of rotatable bonds is 3. The van der Waals surface area contributed by atoms with Gasteiger partial charge in [0.25, 0.3) is 6.43 Å². The third-order valence-electron chi connectivity index (χ3n) is 4.22. The third-order valence-corrected chi connectivity index (χ3v) is 4.22. The van der Waals surface area contributed by atoms with Gasteiger partial charge in [-0.2, -0.15) is 0 Å². The minimum atomic E-state index is -2.45. The molecule has 106 valence electrons. The molecule has 1 aliphatic heterocycles. The van der Waals surface area contributed by atoms with Crippen molar-refractivity contribution in [3.8, 4) is 0 Å². The van der Waals surface area contributed by atoms with E-state index in [9.17, 15) is 13.6 Å². The SMILES string of the molecule is CN(CC(F)F)C(=O)[C@@]12CCCC[C@H]1CNC2.Cl. The molecule has 2 fully saturated rings. The van der Waals surface area contributed by atoms with Crippen LogP contribution in [0.1, 0.15) is 25.7 Å². The topological polar surface area (TPSA) is 32.3 Å². The average Bonchev–Trinajstić information content (AvgIpc) is 2.71. The van der Waals surface area contributed by atoms with Crippen LogP contribution in [0.25, 0.3) is 0 Å². The van der Waals surface area contributed by atoms with Crippen molar-refractivity contribution in [2.75, 3.05) is 26.7 Å². The molecule has 1 amide bonds. The largest absolute Gasteiger partial charge is 0.340 e. The minimum absolute atomic E-state index is 0. The van der Waals surface area contributed by atoms with Crippen LogP contribution < -0.4 is 5.32 Å². The summed E-state index contributed by atoms with van der Waals surface area (Å²) in [5, 5.41) is 3.26. The summed E-state index contributed by atoms with van der Waals surface area (Å²) in [6, 6.07) is 0. The van der Waals surface area contributed by atoms with Gasteiger partial charge in [-0.1, -0.05) is 12.8 Å². The number of hydrogen-bond acceptors (Lipinski definition) is 2. The van der Waals surface area contributed by atoms with E-state index in [0.29, 0.717) is 12.5 Å². The molecule has 18 heavy (non-hydrogen) atoms. The van der Waals surface area contributed by atoms with Gasteiger partial charge in [0.1, 0.15) is 0 Å². The molecule has 0 spiro atoms. The lowest BCUT2D eigenvalue weighted by Gasteiger charge is -2.39. The van der Waals surface area contributed by atoms with E-state index in [0.717, 1.165) is 32.2 Å². The first-order chi connectivity index (χ1) is 8.06. The molecule has 3 nitrogen and oxygen atoms in total. The molecule has 0 aromatic rings. The van der Waals surface area contributed by atoms with Crippen molar-refractivity contribution in [3.63, 3.8) is 0 Å². The van der Waals surface area contributed by atoms with Crippen molar-refractivity contribution >= 4 is 18.3 Å². The van der Waals surface area contributed by atoms with Gasteiger partial charge in [0, 0.05) is 13.6 Å². The summed E-state index contributed by atoms with van der Waals surface area (Å²) in [6.45, 7) is 1.06. The number of amides is 1. The zero-order valence-corrected chi connectivity index (χ0v) is 11.4. The summed E-state index contributed by atoms with van der Waals surface area (Å²) in [6.07, 6.45) is 1.63. The number of halogens is 3. The molecule has 1 saturated carbocycles. The highest BCUT2D eigenvalue weighted by molar-refractivity contribution is 5.85. The molecule has 0 bridgehead atoms. The van der Waals surface area contributed by atoms with Crippen molar-refractivity contribution in [2.45, 2.75) is 32.1 Å². The van der Waals surface area contributed by atoms with Gasteiger partial charge in [0.2, 0.25) is 5.91 Å². The number of nitrogens with zero attached hydrogens (tertiary/aromatic N) is 1. The second-order valence-electron chi connectivity index (χ2n) is 5.31. The van der Waals surface area contributed by atoms with Crippen LogP contribution in [0.15, 0.2) is 0 Å². The zero-order chi connectivity index (χ0) is 12.5. The first kappa shape index (κ1) is 15.6. The van der Waals surface area contributed by atoms with Gasteiger partial charge in [-0.25, -0.2) is 8.78 Å². The highest BCUT2D eigenvalue weighted by Crippen LogP contribution is 2.44. The van der Waals surface area contributed by atoms with Crippen molar-refractivity contribution in [1.82, 2.24) is 10.2 Å². The van der Waals surface area contributed by atoms with Crippen LogP contribution in [0.2, 0.25) is 0 Å². The standard InChI is InChI=1S/C12H20F2N2O.ClH/c1-16(7-10(13)14)11(17)12-5-3-2-4-9(12)6-15-8-12;/h9-10,15H,2-8H2,1H3;1H/t9-,12+;/m0./s1. The van der Waals surface area contributed by atoms with E-state index in [1.54, 1.807) is 0 Å². The van der Waals surface area contributed by atoms with E-state index in [2.05, 4.69) is 5.32 Å². The summed E-state index contributed by atoms with van der Waals surface area (Å²) >= 11 is 0. The quantitative estimate of drug-likeness (QED) is 0.858. The molecule has 0 unspecified atom stereocenters. The number of carbonyl (C=O) groups is 1. The summed E-state index contributed by atoms with van der Waals surface area (Å²) < 4.78 is 24.7. The van der Waals surface area contributed by atoms with Crippen LogP contribution in [0.5, 0.6) is 0 Å². The Balaban J connectivity index is 0.00000162. The molecule has 0 radical (unpaired) electrons. The molecular formula is C12H21ClF2N2O. The first-order valence-electron chi connectivity index (χ1n) is 6.31. The van der Waals surface area contributed by atoms with Gasteiger partial charge in [-0.05, 0) is 25.3 Å². The fraction of sp³-hybridized carbons (Fsp3) is 0.917. The summed E-state index contributed by atoms with van der Waals surface area (Å²) in [7, 11) is 1.49. The van der Waals surface area contributed by atoms with Crippen LogP contribution in [0.4, 0.5) is 8.78 Å². The molecule has 1 aliphatic carbocycles. The predicted molar refractivity (Wildman–Crippen MR) is 68.1 cm³/mol. The van der Waals surface area contributed by atoms with Gasteiger partial charge < -0.3 is 10.2 Å². The maximum atomic E-state index is 12.4. The second-order valence-corrected chi connectivity index (χ2v) is 5.31.